The predicted octanol–water partition coefficient (Wildman–Crippen LogP) is 5.29. The molecule has 29 heavy (non-hydrogen) atoms. The summed E-state index contributed by atoms with van der Waals surface area (Å²) in [5, 5.41) is 18.6. The Hall–Kier alpha value is -1.76. The molecule has 2 aliphatic heterocycles. The number of aromatic nitrogens is 1. The van der Waals surface area contributed by atoms with Crippen molar-refractivity contribution in [2.75, 3.05) is 0 Å². The molecule has 1 saturated carbocycles. The van der Waals surface area contributed by atoms with Crippen molar-refractivity contribution in [1.29, 1.82) is 0 Å². The molecule has 8 heteroatoms. The van der Waals surface area contributed by atoms with Crippen LogP contribution in [0.1, 0.15) is 55.8 Å². The standard InChI is InChI=1S/C21H23Cl2N3O3/c22-16-2-1-3-17(23)18(16)19-15(20(29-25-19)11-4-5-11)10-24-12-8-13-6-7-14(9-12)26(13)21(27)28/h1-3,11-14,24H,4-10H2,(H,27,28)/t12-,13+,14-. The van der Waals surface area contributed by atoms with Gasteiger partial charge in [-0.05, 0) is 50.7 Å². The summed E-state index contributed by atoms with van der Waals surface area (Å²) in [5.41, 5.74) is 2.44. The summed E-state index contributed by atoms with van der Waals surface area (Å²) in [5.74, 6) is 1.34. The molecule has 6 nitrogen and oxygen atoms in total. The molecule has 2 N–H and O–H groups in total. The zero-order valence-electron chi connectivity index (χ0n) is 15.9. The quantitative estimate of drug-likeness (QED) is 0.666. The Bertz CT molecular complexity index is 909. The highest BCUT2D eigenvalue weighted by Gasteiger charge is 2.43. The Kier molecular flexibility index (Phi) is 4.96. The minimum atomic E-state index is -0.790. The highest BCUT2D eigenvalue weighted by Crippen LogP contribution is 2.46. The Balaban J connectivity index is 1.38. The van der Waals surface area contributed by atoms with Gasteiger partial charge in [-0.15, -0.1) is 0 Å². The fraction of sp³-hybridized carbons (Fsp3) is 0.524. The van der Waals surface area contributed by atoms with Crippen LogP contribution in [0.2, 0.25) is 10.0 Å². The van der Waals surface area contributed by atoms with Gasteiger partial charge in [-0.25, -0.2) is 4.79 Å². The average molecular weight is 436 g/mol. The van der Waals surface area contributed by atoms with Gasteiger partial charge in [-0.2, -0.15) is 0 Å². The van der Waals surface area contributed by atoms with Crippen LogP contribution in [0.3, 0.4) is 0 Å². The predicted molar refractivity (Wildman–Crippen MR) is 110 cm³/mol. The zero-order chi connectivity index (χ0) is 20.1. The fourth-order valence-electron chi connectivity index (χ4n) is 4.98. The zero-order valence-corrected chi connectivity index (χ0v) is 17.4. The molecule has 2 saturated heterocycles. The molecule has 2 aromatic rings. The van der Waals surface area contributed by atoms with Gasteiger partial charge in [0.1, 0.15) is 11.5 Å². The summed E-state index contributed by atoms with van der Waals surface area (Å²) in [6.45, 7) is 0.614. The van der Waals surface area contributed by atoms with E-state index in [1.54, 1.807) is 4.90 Å². The van der Waals surface area contributed by atoms with Crippen LogP contribution in [0.15, 0.2) is 22.7 Å². The minimum Gasteiger partial charge on any atom is -0.465 e. The van der Waals surface area contributed by atoms with E-state index in [0.717, 1.165) is 49.8 Å². The van der Waals surface area contributed by atoms with Crippen molar-refractivity contribution in [3.05, 3.63) is 39.6 Å². The highest BCUT2D eigenvalue weighted by molar-refractivity contribution is 6.39. The summed E-state index contributed by atoms with van der Waals surface area (Å²) in [4.78, 5) is 13.2. The molecule has 0 spiro atoms. The van der Waals surface area contributed by atoms with Crippen LogP contribution in [0.4, 0.5) is 4.79 Å². The van der Waals surface area contributed by atoms with Gasteiger partial charge in [0.05, 0.1) is 10.0 Å². The van der Waals surface area contributed by atoms with E-state index in [2.05, 4.69) is 10.5 Å². The Morgan fingerprint density at radius 2 is 1.83 bits per heavy atom. The number of halogens is 2. The molecule has 0 unspecified atom stereocenters. The molecular formula is C21H23Cl2N3O3. The van der Waals surface area contributed by atoms with Gasteiger partial charge < -0.3 is 19.8 Å². The third-order valence-corrected chi connectivity index (χ3v) is 7.12. The molecule has 3 atom stereocenters. The fourth-order valence-corrected chi connectivity index (χ4v) is 5.56. The summed E-state index contributed by atoms with van der Waals surface area (Å²) >= 11 is 12.9. The molecule has 5 rings (SSSR count). The van der Waals surface area contributed by atoms with Gasteiger partial charge in [-0.3, -0.25) is 0 Å². The normalized spacial score (nSPS) is 26.1. The van der Waals surface area contributed by atoms with E-state index >= 15 is 0 Å². The number of rotatable bonds is 5. The van der Waals surface area contributed by atoms with Gasteiger partial charge in [0.25, 0.3) is 0 Å². The van der Waals surface area contributed by atoms with Crippen LogP contribution < -0.4 is 5.32 Å². The molecule has 3 heterocycles. The van der Waals surface area contributed by atoms with Crippen LogP contribution in [0.5, 0.6) is 0 Å². The first-order chi connectivity index (χ1) is 14.0. The molecule has 1 amide bonds. The topological polar surface area (TPSA) is 78.6 Å². The lowest BCUT2D eigenvalue weighted by Crippen LogP contribution is -2.50. The first-order valence-electron chi connectivity index (χ1n) is 10.2. The Morgan fingerprint density at radius 1 is 1.17 bits per heavy atom. The first-order valence-corrected chi connectivity index (χ1v) is 11.0. The Morgan fingerprint density at radius 3 is 2.41 bits per heavy atom. The summed E-state index contributed by atoms with van der Waals surface area (Å²) < 4.78 is 5.73. The van der Waals surface area contributed by atoms with Gasteiger partial charge in [0.15, 0.2) is 0 Å². The smallest absolute Gasteiger partial charge is 0.407 e. The molecule has 1 aromatic heterocycles. The van der Waals surface area contributed by atoms with Gasteiger partial charge in [0, 0.05) is 41.7 Å². The van der Waals surface area contributed by atoms with E-state index in [4.69, 9.17) is 27.7 Å². The van der Waals surface area contributed by atoms with Crippen molar-refractivity contribution in [1.82, 2.24) is 15.4 Å². The summed E-state index contributed by atoms with van der Waals surface area (Å²) in [7, 11) is 0. The number of amides is 1. The average Bonchev–Trinajstić information content (AvgIpc) is 3.38. The molecule has 3 fully saturated rings. The number of fused-ring (bicyclic) bond motifs is 2. The molecular weight excluding hydrogens is 413 g/mol. The van der Waals surface area contributed by atoms with Crippen molar-refractivity contribution in [2.24, 2.45) is 0 Å². The number of nitrogens with zero attached hydrogens (tertiary/aromatic N) is 2. The molecule has 1 aliphatic carbocycles. The molecule has 1 aromatic carbocycles. The second-order valence-corrected chi connectivity index (χ2v) is 9.18. The van der Waals surface area contributed by atoms with Crippen LogP contribution in [-0.4, -0.2) is 39.4 Å². The van der Waals surface area contributed by atoms with Gasteiger partial charge in [-0.1, -0.05) is 34.4 Å². The van der Waals surface area contributed by atoms with Crippen molar-refractivity contribution < 1.29 is 14.4 Å². The van der Waals surface area contributed by atoms with Crippen molar-refractivity contribution in [3.8, 4) is 11.3 Å². The van der Waals surface area contributed by atoms with Crippen LogP contribution >= 0.6 is 23.2 Å². The minimum absolute atomic E-state index is 0.117. The maximum absolute atomic E-state index is 11.5. The van der Waals surface area contributed by atoms with E-state index < -0.39 is 6.09 Å². The number of piperidine rings is 1. The van der Waals surface area contributed by atoms with Crippen LogP contribution in [-0.2, 0) is 6.54 Å². The van der Waals surface area contributed by atoms with Crippen molar-refractivity contribution in [3.63, 3.8) is 0 Å². The number of benzene rings is 1. The summed E-state index contributed by atoms with van der Waals surface area (Å²) in [6, 6.07) is 5.95. The number of hydrogen-bond acceptors (Lipinski definition) is 4. The van der Waals surface area contributed by atoms with Crippen LogP contribution in [0.25, 0.3) is 11.3 Å². The van der Waals surface area contributed by atoms with Crippen LogP contribution in [0, 0.1) is 0 Å². The molecule has 3 aliphatic rings. The monoisotopic (exact) mass is 435 g/mol. The maximum Gasteiger partial charge on any atom is 0.407 e. The second-order valence-electron chi connectivity index (χ2n) is 8.37. The van der Waals surface area contributed by atoms with Gasteiger partial charge >= 0.3 is 6.09 Å². The third kappa shape index (κ3) is 3.51. The third-order valence-electron chi connectivity index (χ3n) is 6.49. The SMILES string of the molecule is O=C(O)N1[C@@H]2CC[C@H]1C[C@@H](NCc1c(-c3c(Cl)cccc3Cl)noc1C1CC1)C2. The second kappa shape index (κ2) is 7.49. The largest absolute Gasteiger partial charge is 0.465 e. The highest BCUT2D eigenvalue weighted by atomic mass is 35.5. The van der Waals surface area contributed by atoms with Crippen molar-refractivity contribution >= 4 is 29.3 Å². The molecule has 2 bridgehead atoms. The molecule has 0 radical (unpaired) electrons. The summed E-state index contributed by atoms with van der Waals surface area (Å²) in [6.07, 6.45) is 5.02. The van der Waals surface area contributed by atoms with E-state index in [9.17, 15) is 9.90 Å². The number of carbonyl (C=O) groups is 1. The lowest BCUT2D eigenvalue weighted by atomic mass is 9.97. The van der Waals surface area contributed by atoms with E-state index in [-0.39, 0.29) is 18.1 Å². The number of nitrogens with one attached hydrogen (secondary N) is 1. The van der Waals surface area contributed by atoms with E-state index in [1.165, 1.54) is 0 Å². The lowest BCUT2D eigenvalue weighted by Gasteiger charge is -2.37. The first kappa shape index (κ1) is 19.2. The number of hydrogen-bond donors (Lipinski definition) is 2. The van der Waals surface area contributed by atoms with Gasteiger partial charge in [0.2, 0.25) is 0 Å². The molecule has 154 valence electrons. The van der Waals surface area contributed by atoms with E-state index in [1.807, 2.05) is 18.2 Å². The maximum atomic E-state index is 11.5. The Labute approximate surface area is 179 Å². The van der Waals surface area contributed by atoms with E-state index in [0.29, 0.717) is 33.8 Å². The lowest BCUT2D eigenvalue weighted by molar-refractivity contribution is 0.0919. The number of carboxylic acid groups (broad SMARTS) is 1. The van der Waals surface area contributed by atoms with Crippen molar-refractivity contribution in [2.45, 2.75) is 69.1 Å².